The van der Waals surface area contributed by atoms with Crippen molar-refractivity contribution in [1.29, 1.82) is 0 Å². The average Bonchev–Trinajstić information content (AvgIpc) is 3.05. The third-order valence-corrected chi connectivity index (χ3v) is 2.49. The molecule has 114 valence electrons. The number of nitrogens with two attached hydrogens (primary N) is 2. The number of rotatable bonds is 6. The van der Waals surface area contributed by atoms with Crippen LogP contribution in [-0.2, 0) is 9.63 Å². The lowest BCUT2D eigenvalue weighted by molar-refractivity contribution is -0.119. The minimum atomic E-state index is -0.682. The van der Waals surface area contributed by atoms with Crippen LogP contribution in [0.3, 0.4) is 0 Å². The lowest BCUT2D eigenvalue weighted by atomic mass is 10.2. The Balaban J connectivity index is 1.96. The lowest BCUT2D eigenvalue weighted by Crippen LogP contribution is -2.20. The fourth-order valence-corrected chi connectivity index (χ4v) is 1.43. The Morgan fingerprint density at radius 3 is 2.50 bits per heavy atom. The summed E-state index contributed by atoms with van der Waals surface area (Å²) in [6, 6.07) is 6.36. The Kier molecular flexibility index (Phi) is 4.70. The number of ether oxygens (including phenoxy) is 1. The number of amidine groups is 1. The number of carbonyl (C=O) groups excluding carboxylic acids is 2. The molecule has 9 heteroatoms. The van der Waals surface area contributed by atoms with Crippen LogP contribution in [0.1, 0.15) is 15.9 Å². The van der Waals surface area contributed by atoms with Crippen molar-refractivity contribution in [3.05, 3.63) is 47.8 Å². The van der Waals surface area contributed by atoms with Crippen LogP contribution < -0.4 is 16.2 Å². The van der Waals surface area contributed by atoms with Gasteiger partial charge in [-0.2, -0.15) is 5.10 Å². The maximum atomic E-state index is 11.5. The molecule has 0 aliphatic carbocycles. The zero-order valence-corrected chi connectivity index (χ0v) is 11.4. The summed E-state index contributed by atoms with van der Waals surface area (Å²) in [5, 5.41) is 9.64. The van der Waals surface area contributed by atoms with Crippen molar-refractivity contribution in [3.8, 4) is 5.75 Å². The second-order valence-corrected chi connectivity index (χ2v) is 4.12. The van der Waals surface area contributed by atoms with Gasteiger partial charge in [0, 0.05) is 11.8 Å². The van der Waals surface area contributed by atoms with E-state index in [0.717, 1.165) is 0 Å². The number of aromatic nitrogens is 2. The normalized spacial score (nSPS) is 11.0. The molecule has 1 aromatic heterocycles. The first kappa shape index (κ1) is 15.0. The van der Waals surface area contributed by atoms with Crippen LogP contribution >= 0.6 is 0 Å². The number of aromatic amines is 1. The van der Waals surface area contributed by atoms with E-state index in [4.69, 9.17) is 16.2 Å². The van der Waals surface area contributed by atoms with E-state index < -0.39 is 11.9 Å². The standard InChI is InChI=1S/C13H13N5O4/c14-11(19)7-21-10-3-1-8(2-4-10)12(15)18-22-13(20)9-5-16-17-6-9/h1-6H,7H2,(H2,14,19)(H2,15,18)(H,16,17). The first-order chi connectivity index (χ1) is 10.6. The monoisotopic (exact) mass is 303 g/mol. The molecule has 0 unspecified atom stereocenters. The number of benzene rings is 1. The molecule has 0 bridgehead atoms. The van der Waals surface area contributed by atoms with Crippen molar-refractivity contribution in [3.63, 3.8) is 0 Å². The number of nitrogens with one attached hydrogen (secondary N) is 1. The number of H-pyrrole nitrogens is 1. The number of hydrogen-bond donors (Lipinski definition) is 3. The van der Waals surface area contributed by atoms with Crippen LogP contribution in [0.15, 0.2) is 41.8 Å². The summed E-state index contributed by atoms with van der Waals surface area (Å²) in [6.45, 7) is -0.217. The quantitative estimate of drug-likeness (QED) is 0.290. The van der Waals surface area contributed by atoms with Gasteiger partial charge in [0.15, 0.2) is 12.4 Å². The molecule has 0 atom stereocenters. The fraction of sp³-hybridized carbons (Fsp3) is 0.0769. The highest BCUT2D eigenvalue weighted by Crippen LogP contribution is 2.12. The maximum absolute atomic E-state index is 11.5. The summed E-state index contributed by atoms with van der Waals surface area (Å²) in [5.74, 6) is -0.793. The number of oxime groups is 1. The van der Waals surface area contributed by atoms with Gasteiger partial charge in [-0.05, 0) is 24.3 Å². The van der Waals surface area contributed by atoms with Crippen molar-refractivity contribution >= 4 is 17.7 Å². The van der Waals surface area contributed by atoms with Gasteiger partial charge in [-0.15, -0.1) is 0 Å². The maximum Gasteiger partial charge on any atom is 0.368 e. The highest BCUT2D eigenvalue weighted by Gasteiger charge is 2.09. The molecule has 0 spiro atoms. The van der Waals surface area contributed by atoms with Crippen LogP contribution in [0.5, 0.6) is 5.75 Å². The summed E-state index contributed by atoms with van der Waals surface area (Å²) in [5.41, 5.74) is 11.4. The smallest absolute Gasteiger partial charge is 0.368 e. The van der Waals surface area contributed by atoms with E-state index in [0.29, 0.717) is 11.3 Å². The van der Waals surface area contributed by atoms with E-state index in [2.05, 4.69) is 20.2 Å². The van der Waals surface area contributed by atoms with Crippen molar-refractivity contribution in [2.45, 2.75) is 0 Å². The average molecular weight is 303 g/mol. The van der Waals surface area contributed by atoms with Crippen LogP contribution in [0.4, 0.5) is 0 Å². The number of nitrogens with zero attached hydrogens (tertiary/aromatic N) is 2. The van der Waals surface area contributed by atoms with Gasteiger partial charge < -0.3 is 21.0 Å². The summed E-state index contributed by atoms with van der Waals surface area (Å²) in [7, 11) is 0. The van der Waals surface area contributed by atoms with Crippen LogP contribution in [-0.4, -0.2) is 34.5 Å². The molecular weight excluding hydrogens is 290 g/mol. The van der Waals surface area contributed by atoms with Crippen molar-refractivity contribution < 1.29 is 19.2 Å². The van der Waals surface area contributed by atoms with E-state index in [1.165, 1.54) is 12.4 Å². The first-order valence-electron chi connectivity index (χ1n) is 6.11. The molecule has 0 saturated heterocycles. The van der Waals surface area contributed by atoms with Gasteiger partial charge in [0.25, 0.3) is 5.91 Å². The van der Waals surface area contributed by atoms with Gasteiger partial charge in [-0.25, -0.2) is 4.79 Å². The molecule has 0 aliphatic rings. The predicted molar refractivity (Wildman–Crippen MR) is 75.9 cm³/mol. The number of amides is 1. The van der Waals surface area contributed by atoms with Gasteiger partial charge in [0.05, 0.1) is 11.8 Å². The van der Waals surface area contributed by atoms with Gasteiger partial charge >= 0.3 is 5.97 Å². The van der Waals surface area contributed by atoms with Crippen LogP contribution in [0, 0.1) is 0 Å². The molecule has 22 heavy (non-hydrogen) atoms. The van der Waals surface area contributed by atoms with Gasteiger partial charge in [0.1, 0.15) is 5.75 Å². The second-order valence-electron chi connectivity index (χ2n) is 4.12. The summed E-state index contributed by atoms with van der Waals surface area (Å²) < 4.78 is 5.10. The molecule has 0 fully saturated rings. The van der Waals surface area contributed by atoms with Gasteiger partial charge in [0.2, 0.25) is 0 Å². The van der Waals surface area contributed by atoms with Gasteiger partial charge in [-0.1, -0.05) is 5.16 Å². The number of carbonyl (C=O) groups is 2. The van der Waals surface area contributed by atoms with E-state index in [1.807, 2.05) is 0 Å². The molecule has 9 nitrogen and oxygen atoms in total. The summed E-state index contributed by atoms with van der Waals surface area (Å²) in [4.78, 5) is 26.8. The molecule has 1 heterocycles. The molecule has 0 radical (unpaired) electrons. The zero-order valence-electron chi connectivity index (χ0n) is 11.4. The fourth-order valence-electron chi connectivity index (χ4n) is 1.43. The van der Waals surface area contributed by atoms with Crippen LogP contribution in [0.25, 0.3) is 0 Å². The molecule has 5 N–H and O–H groups in total. The highest BCUT2D eigenvalue weighted by atomic mass is 16.7. The lowest BCUT2D eigenvalue weighted by Gasteiger charge is -2.05. The van der Waals surface area contributed by atoms with Gasteiger partial charge in [-0.3, -0.25) is 9.89 Å². The molecule has 0 aliphatic heterocycles. The largest absolute Gasteiger partial charge is 0.484 e. The Labute approximate surface area is 124 Å². The van der Waals surface area contributed by atoms with Crippen molar-refractivity contribution in [2.24, 2.45) is 16.6 Å². The Morgan fingerprint density at radius 2 is 1.91 bits per heavy atom. The third-order valence-electron chi connectivity index (χ3n) is 2.49. The summed E-state index contributed by atoms with van der Waals surface area (Å²) >= 11 is 0. The molecule has 1 amide bonds. The summed E-state index contributed by atoms with van der Waals surface area (Å²) in [6.07, 6.45) is 2.68. The number of hydrogen-bond acceptors (Lipinski definition) is 6. The minimum Gasteiger partial charge on any atom is -0.484 e. The Morgan fingerprint density at radius 1 is 1.18 bits per heavy atom. The Bertz CT molecular complexity index is 679. The SMILES string of the molecule is NC(=O)COc1ccc(/C(N)=N/OC(=O)c2cn[nH]c2)cc1. The van der Waals surface area contributed by atoms with E-state index >= 15 is 0 Å². The highest BCUT2D eigenvalue weighted by molar-refractivity contribution is 5.98. The Hall–Kier alpha value is -3.36. The molecule has 2 aromatic rings. The molecular formula is C13H13N5O4. The molecule has 1 aromatic carbocycles. The minimum absolute atomic E-state index is 0.0123. The van der Waals surface area contributed by atoms with Crippen molar-refractivity contribution in [1.82, 2.24) is 10.2 Å². The molecule has 0 saturated carbocycles. The first-order valence-corrected chi connectivity index (χ1v) is 6.11. The number of primary amides is 1. The predicted octanol–water partition coefficient (Wildman–Crippen LogP) is -0.249. The zero-order chi connectivity index (χ0) is 15.9. The van der Waals surface area contributed by atoms with E-state index in [1.54, 1.807) is 24.3 Å². The third kappa shape index (κ3) is 4.07. The van der Waals surface area contributed by atoms with Crippen molar-refractivity contribution in [2.75, 3.05) is 6.61 Å². The molecule has 2 rings (SSSR count). The topological polar surface area (TPSA) is 146 Å². The van der Waals surface area contributed by atoms with Crippen LogP contribution in [0.2, 0.25) is 0 Å². The van der Waals surface area contributed by atoms with E-state index in [9.17, 15) is 9.59 Å². The second kappa shape index (κ2) is 6.88. The van der Waals surface area contributed by atoms with E-state index in [-0.39, 0.29) is 18.0 Å².